The molecule has 2 aliphatic rings. The number of carbonyl (C=O) groups is 2. The molecule has 0 saturated carbocycles. The molecule has 2 heterocycles. The number of urea groups is 1. The number of rotatable bonds is 3. The van der Waals surface area contributed by atoms with Crippen molar-refractivity contribution in [3.8, 4) is 0 Å². The number of hydrogen-bond acceptors (Lipinski definition) is 5. The van der Waals surface area contributed by atoms with Crippen LogP contribution in [0.25, 0.3) is 0 Å². The van der Waals surface area contributed by atoms with E-state index in [-0.39, 0.29) is 12.3 Å². The molecule has 29 heavy (non-hydrogen) atoms. The van der Waals surface area contributed by atoms with E-state index >= 15 is 0 Å². The number of piperidine rings is 1. The molecule has 2 saturated heterocycles. The lowest BCUT2D eigenvalue weighted by atomic mass is 9.84. The minimum atomic E-state index is -0.609. The van der Waals surface area contributed by atoms with Crippen LogP contribution in [-0.2, 0) is 4.79 Å². The molecule has 150 valence electrons. The predicted molar refractivity (Wildman–Crippen MR) is 106 cm³/mol. The molecular formula is C20H20FN5O3. The van der Waals surface area contributed by atoms with Crippen LogP contribution in [0.2, 0.25) is 0 Å². The van der Waals surface area contributed by atoms with Crippen LogP contribution in [0.3, 0.4) is 0 Å². The fourth-order valence-electron chi connectivity index (χ4n) is 3.95. The average molecular weight is 397 g/mol. The van der Waals surface area contributed by atoms with Crippen molar-refractivity contribution in [2.45, 2.75) is 24.8 Å². The number of hydrogen-bond donors (Lipinski definition) is 2. The topological polar surface area (TPSA) is 94.1 Å². The van der Waals surface area contributed by atoms with Gasteiger partial charge in [0.2, 0.25) is 5.91 Å². The van der Waals surface area contributed by atoms with Gasteiger partial charge in [-0.2, -0.15) is 0 Å². The number of nitrogens with zero attached hydrogens (tertiary/aromatic N) is 3. The van der Waals surface area contributed by atoms with Gasteiger partial charge < -0.3 is 10.2 Å². The molecule has 2 N–H and O–H groups in total. The third kappa shape index (κ3) is 3.75. The summed E-state index contributed by atoms with van der Waals surface area (Å²) in [5.74, 6) is -0.590. The smallest absolute Gasteiger partial charge is 0.341 e. The maximum Gasteiger partial charge on any atom is 0.341 e. The molecular weight excluding hydrogens is 377 g/mol. The van der Waals surface area contributed by atoms with Crippen molar-refractivity contribution in [1.29, 1.82) is 0 Å². The van der Waals surface area contributed by atoms with Gasteiger partial charge in [0.15, 0.2) is 0 Å². The van der Waals surface area contributed by atoms with Crippen LogP contribution in [0.1, 0.15) is 19.3 Å². The summed E-state index contributed by atoms with van der Waals surface area (Å²) in [5.41, 5.74) is 3.84. The standard InChI is InChI=1S/C20H20FN5O3/c21-14-1-3-15(4-2-14)22-19(28)26-20(13-18(27)23-26)9-11-25(12-10-20)17-7-5-16(24-29)6-8-17/h1-8H,9-13H2,(H,22,28)(H,23,27). The van der Waals surface area contributed by atoms with E-state index in [0.29, 0.717) is 37.3 Å². The maximum atomic E-state index is 13.1. The molecule has 9 heteroatoms. The van der Waals surface area contributed by atoms with Crippen LogP contribution in [0.5, 0.6) is 0 Å². The first-order valence-electron chi connectivity index (χ1n) is 9.34. The summed E-state index contributed by atoms with van der Waals surface area (Å²) in [6.45, 7) is 1.31. The maximum absolute atomic E-state index is 13.1. The van der Waals surface area contributed by atoms with E-state index in [1.54, 1.807) is 12.1 Å². The van der Waals surface area contributed by atoms with Crippen molar-refractivity contribution in [1.82, 2.24) is 10.4 Å². The molecule has 0 aliphatic carbocycles. The number of halogens is 1. The number of benzene rings is 2. The highest BCUT2D eigenvalue weighted by atomic mass is 19.1. The highest BCUT2D eigenvalue weighted by Gasteiger charge is 2.49. The predicted octanol–water partition coefficient (Wildman–Crippen LogP) is 3.53. The number of nitrogens with one attached hydrogen (secondary N) is 2. The van der Waals surface area contributed by atoms with Gasteiger partial charge in [-0.05, 0) is 66.5 Å². The normalized spacial score (nSPS) is 17.9. The number of hydrazine groups is 1. The van der Waals surface area contributed by atoms with Gasteiger partial charge in [0, 0.05) is 24.5 Å². The van der Waals surface area contributed by atoms with Gasteiger partial charge in [-0.15, -0.1) is 4.91 Å². The highest BCUT2D eigenvalue weighted by Crippen LogP contribution is 2.37. The number of anilines is 2. The minimum absolute atomic E-state index is 0.200. The van der Waals surface area contributed by atoms with E-state index in [9.17, 15) is 18.9 Å². The highest BCUT2D eigenvalue weighted by molar-refractivity contribution is 5.94. The van der Waals surface area contributed by atoms with Gasteiger partial charge >= 0.3 is 6.03 Å². The van der Waals surface area contributed by atoms with E-state index in [0.717, 1.165) is 5.69 Å². The van der Waals surface area contributed by atoms with Crippen LogP contribution < -0.4 is 15.6 Å². The second-order valence-electron chi connectivity index (χ2n) is 7.30. The molecule has 8 nitrogen and oxygen atoms in total. The Hall–Kier alpha value is -3.49. The Kier molecular flexibility index (Phi) is 4.87. The van der Waals surface area contributed by atoms with Gasteiger partial charge in [-0.1, -0.05) is 0 Å². The van der Waals surface area contributed by atoms with Crippen molar-refractivity contribution in [3.05, 3.63) is 59.3 Å². The number of nitroso groups, excluding NO2 is 1. The quantitative estimate of drug-likeness (QED) is 0.775. The van der Waals surface area contributed by atoms with Crippen molar-refractivity contribution in [2.24, 2.45) is 5.18 Å². The fourth-order valence-corrected chi connectivity index (χ4v) is 3.95. The molecule has 2 aromatic carbocycles. The van der Waals surface area contributed by atoms with Crippen molar-refractivity contribution in [2.75, 3.05) is 23.3 Å². The second-order valence-corrected chi connectivity index (χ2v) is 7.30. The zero-order valence-corrected chi connectivity index (χ0v) is 15.6. The summed E-state index contributed by atoms with van der Waals surface area (Å²) in [6.07, 6.45) is 1.46. The average Bonchev–Trinajstić information content (AvgIpc) is 3.06. The van der Waals surface area contributed by atoms with E-state index in [4.69, 9.17) is 0 Å². The first-order valence-corrected chi connectivity index (χ1v) is 9.34. The second kappa shape index (κ2) is 7.50. The molecule has 2 aliphatic heterocycles. The molecule has 4 rings (SSSR count). The summed E-state index contributed by atoms with van der Waals surface area (Å²) < 4.78 is 13.1. The molecule has 0 bridgehead atoms. The van der Waals surface area contributed by atoms with E-state index in [1.165, 1.54) is 29.3 Å². The molecule has 2 fully saturated rings. The van der Waals surface area contributed by atoms with Gasteiger partial charge in [-0.3, -0.25) is 10.2 Å². The third-order valence-corrected chi connectivity index (χ3v) is 5.51. The van der Waals surface area contributed by atoms with Crippen LogP contribution in [0, 0.1) is 10.7 Å². The lowest BCUT2D eigenvalue weighted by Crippen LogP contribution is -2.58. The lowest BCUT2D eigenvalue weighted by molar-refractivity contribution is -0.120. The van der Waals surface area contributed by atoms with Crippen LogP contribution in [-0.4, -0.2) is 35.6 Å². The van der Waals surface area contributed by atoms with Crippen molar-refractivity contribution >= 4 is 29.0 Å². The molecule has 2 aromatic rings. The zero-order chi connectivity index (χ0) is 20.4. The summed E-state index contributed by atoms with van der Waals surface area (Å²) in [5, 5.41) is 7.00. The van der Waals surface area contributed by atoms with Crippen molar-refractivity contribution < 1.29 is 14.0 Å². The van der Waals surface area contributed by atoms with Crippen LogP contribution >= 0.6 is 0 Å². The van der Waals surface area contributed by atoms with E-state index < -0.39 is 17.4 Å². The van der Waals surface area contributed by atoms with Gasteiger partial charge in [0.25, 0.3) is 0 Å². The first-order chi connectivity index (χ1) is 14.0. The van der Waals surface area contributed by atoms with Gasteiger partial charge in [-0.25, -0.2) is 14.2 Å². The monoisotopic (exact) mass is 397 g/mol. The summed E-state index contributed by atoms with van der Waals surface area (Å²) >= 11 is 0. The summed E-state index contributed by atoms with van der Waals surface area (Å²) in [6, 6.07) is 12.0. The largest absolute Gasteiger partial charge is 0.371 e. The van der Waals surface area contributed by atoms with Crippen LogP contribution in [0.4, 0.5) is 26.2 Å². The molecule has 0 aromatic heterocycles. The molecule has 0 radical (unpaired) electrons. The van der Waals surface area contributed by atoms with Gasteiger partial charge in [0.05, 0.1) is 12.0 Å². The number of carbonyl (C=O) groups excluding carboxylic acids is 2. The van der Waals surface area contributed by atoms with Gasteiger partial charge in [0.1, 0.15) is 11.5 Å². The zero-order valence-electron chi connectivity index (χ0n) is 15.6. The molecule has 1 spiro atoms. The minimum Gasteiger partial charge on any atom is -0.371 e. The molecule has 3 amide bonds. The Balaban J connectivity index is 1.46. The van der Waals surface area contributed by atoms with Crippen molar-refractivity contribution in [3.63, 3.8) is 0 Å². The Morgan fingerprint density at radius 1 is 1.07 bits per heavy atom. The number of amides is 3. The summed E-state index contributed by atoms with van der Waals surface area (Å²) in [4.78, 5) is 37.6. The molecule has 0 atom stereocenters. The Morgan fingerprint density at radius 2 is 1.72 bits per heavy atom. The fraction of sp³-hybridized carbons (Fsp3) is 0.300. The van der Waals surface area contributed by atoms with Crippen LogP contribution in [0.15, 0.2) is 53.7 Å². The molecule has 0 unspecified atom stereocenters. The SMILES string of the molecule is O=Nc1ccc(N2CCC3(CC2)CC(=O)NN3C(=O)Nc2ccc(F)cc2)cc1. The Bertz CT molecular complexity index is 924. The Labute approximate surface area is 166 Å². The van der Waals surface area contributed by atoms with E-state index in [2.05, 4.69) is 20.8 Å². The lowest BCUT2D eigenvalue weighted by Gasteiger charge is -2.43. The Morgan fingerprint density at radius 3 is 2.34 bits per heavy atom. The summed E-state index contributed by atoms with van der Waals surface area (Å²) in [7, 11) is 0. The first kappa shape index (κ1) is 18.9. The third-order valence-electron chi connectivity index (χ3n) is 5.51. The van der Waals surface area contributed by atoms with E-state index in [1.807, 2.05) is 12.1 Å².